The van der Waals surface area contributed by atoms with E-state index in [0.29, 0.717) is 5.56 Å². The van der Waals surface area contributed by atoms with Gasteiger partial charge in [0.15, 0.2) is 11.6 Å². The van der Waals surface area contributed by atoms with Gasteiger partial charge in [0.2, 0.25) is 0 Å². The Hall–Kier alpha value is -2.86. The summed E-state index contributed by atoms with van der Waals surface area (Å²) in [6.07, 6.45) is 0. The smallest absolute Gasteiger partial charge is 0.197 e. The van der Waals surface area contributed by atoms with Crippen LogP contribution in [0.15, 0.2) is 18.2 Å². The molecular formula is C18H17NO5. The summed E-state index contributed by atoms with van der Waals surface area (Å²) in [6.45, 7) is 1.90. The van der Waals surface area contributed by atoms with Gasteiger partial charge in [-0.25, -0.2) is 0 Å². The number of nitrogens with one attached hydrogen (secondary N) is 1. The molecule has 0 saturated heterocycles. The molecule has 0 aromatic heterocycles. The van der Waals surface area contributed by atoms with Crippen molar-refractivity contribution in [2.45, 2.75) is 13.5 Å². The van der Waals surface area contributed by atoms with Gasteiger partial charge in [-0.2, -0.15) is 0 Å². The van der Waals surface area contributed by atoms with Crippen molar-refractivity contribution >= 4 is 11.6 Å². The number of benzene rings is 2. The molecule has 6 nitrogen and oxygen atoms in total. The first-order valence-electron chi connectivity index (χ1n) is 7.50. The third-order valence-electron chi connectivity index (χ3n) is 4.10. The van der Waals surface area contributed by atoms with Gasteiger partial charge < -0.3 is 20.2 Å². The molecule has 1 aliphatic rings. The molecule has 124 valence electrons. The molecule has 0 heterocycles. The lowest BCUT2D eigenvalue weighted by molar-refractivity contribution is -0.872. The van der Waals surface area contributed by atoms with Gasteiger partial charge in [-0.3, -0.25) is 9.59 Å². The van der Waals surface area contributed by atoms with Crippen molar-refractivity contribution in [3.8, 4) is 17.2 Å². The largest absolute Gasteiger partial charge is 0.872 e. The summed E-state index contributed by atoms with van der Waals surface area (Å²) >= 11 is 0. The van der Waals surface area contributed by atoms with Gasteiger partial charge in [0.1, 0.15) is 18.0 Å². The summed E-state index contributed by atoms with van der Waals surface area (Å²) in [7, 11) is 3.60. The average Bonchev–Trinajstić information content (AvgIpc) is 2.47. The van der Waals surface area contributed by atoms with Crippen molar-refractivity contribution in [1.29, 1.82) is 0 Å². The number of rotatable bonds is 2. The van der Waals surface area contributed by atoms with Crippen molar-refractivity contribution in [3.05, 3.63) is 51.6 Å². The Kier molecular flexibility index (Phi) is 3.57. The van der Waals surface area contributed by atoms with Gasteiger partial charge in [-0.15, -0.1) is 0 Å². The molecule has 0 atom stereocenters. The van der Waals surface area contributed by atoms with Crippen LogP contribution in [-0.4, -0.2) is 35.9 Å². The topological polar surface area (TPSA) is 102 Å². The van der Waals surface area contributed by atoms with Crippen LogP contribution in [0.4, 0.5) is 0 Å². The maximum absolute atomic E-state index is 12.8. The third-order valence-corrected chi connectivity index (χ3v) is 4.10. The van der Waals surface area contributed by atoms with Crippen molar-refractivity contribution < 1.29 is 29.8 Å². The molecule has 1 aliphatic carbocycles. The number of hydrogen-bond donors (Lipinski definition) is 3. The normalized spacial score (nSPS) is 13.2. The molecule has 0 unspecified atom stereocenters. The number of ketones is 2. The summed E-state index contributed by atoms with van der Waals surface area (Å²) in [5, 5.41) is 32.9. The van der Waals surface area contributed by atoms with E-state index in [0.717, 1.165) is 4.90 Å². The Bertz CT molecular complexity index is 899. The highest BCUT2D eigenvalue weighted by Crippen LogP contribution is 2.40. The Morgan fingerprint density at radius 2 is 1.58 bits per heavy atom. The minimum atomic E-state index is -0.683. The number of aromatic hydroxyl groups is 2. The minimum Gasteiger partial charge on any atom is -0.872 e. The van der Waals surface area contributed by atoms with Gasteiger partial charge >= 0.3 is 0 Å². The Morgan fingerprint density at radius 1 is 0.958 bits per heavy atom. The average molecular weight is 327 g/mol. The van der Waals surface area contributed by atoms with Crippen LogP contribution in [-0.2, 0) is 6.54 Å². The maximum Gasteiger partial charge on any atom is 0.197 e. The highest BCUT2D eigenvalue weighted by Gasteiger charge is 2.34. The fourth-order valence-electron chi connectivity index (χ4n) is 3.07. The predicted molar refractivity (Wildman–Crippen MR) is 83.8 cm³/mol. The summed E-state index contributed by atoms with van der Waals surface area (Å²) in [6, 6.07) is 4.06. The van der Waals surface area contributed by atoms with Crippen molar-refractivity contribution in [1.82, 2.24) is 0 Å². The van der Waals surface area contributed by atoms with Crippen LogP contribution in [0.3, 0.4) is 0 Å². The molecule has 0 amide bonds. The number of carbonyl (C=O) groups excluding carboxylic acids is 2. The first kappa shape index (κ1) is 16.0. The quantitative estimate of drug-likeness (QED) is 0.610. The third kappa shape index (κ3) is 2.23. The lowest BCUT2D eigenvalue weighted by Gasteiger charge is -2.26. The predicted octanol–water partition coefficient (Wildman–Crippen LogP) is -0.100. The molecule has 0 bridgehead atoms. The Labute approximate surface area is 138 Å². The van der Waals surface area contributed by atoms with Crippen molar-refractivity contribution in [2.75, 3.05) is 14.1 Å². The zero-order valence-corrected chi connectivity index (χ0v) is 13.6. The first-order valence-corrected chi connectivity index (χ1v) is 7.50. The second kappa shape index (κ2) is 5.35. The molecule has 0 aliphatic heterocycles. The molecule has 3 N–H and O–H groups in total. The molecule has 24 heavy (non-hydrogen) atoms. The van der Waals surface area contributed by atoms with Crippen LogP contribution in [0.25, 0.3) is 0 Å². The van der Waals surface area contributed by atoms with Crippen LogP contribution in [0.2, 0.25) is 0 Å². The van der Waals surface area contributed by atoms with Gasteiger partial charge in [-0.05, 0) is 30.7 Å². The van der Waals surface area contributed by atoms with Crippen LogP contribution in [0, 0.1) is 6.92 Å². The zero-order chi connectivity index (χ0) is 17.8. The second-order valence-corrected chi connectivity index (χ2v) is 6.37. The molecule has 3 rings (SSSR count). The molecular weight excluding hydrogens is 310 g/mol. The maximum atomic E-state index is 12.8. The van der Waals surface area contributed by atoms with Gasteiger partial charge in [0.05, 0.1) is 19.7 Å². The van der Waals surface area contributed by atoms with Gasteiger partial charge in [0, 0.05) is 22.3 Å². The fourth-order valence-corrected chi connectivity index (χ4v) is 3.07. The van der Waals surface area contributed by atoms with E-state index in [9.17, 15) is 24.9 Å². The Balaban J connectivity index is 2.31. The van der Waals surface area contributed by atoms with E-state index in [1.165, 1.54) is 18.2 Å². The van der Waals surface area contributed by atoms with Crippen LogP contribution >= 0.6 is 0 Å². The molecule has 6 heteroatoms. The van der Waals surface area contributed by atoms with E-state index in [1.54, 1.807) is 21.0 Å². The highest BCUT2D eigenvalue weighted by atomic mass is 16.3. The number of phenols is 2. The van der Waals surface area contributed by atoms with E-state index in [4.69, 9.17) is 0 Å². The lowest BCUT2D eigenvalue weighted by atomic mass is 9.81. The minimum absolute atomic E-state index is 0.0507. The van der Waals surface area contributed by atoms with Crippen LogP contribution in [0.5, 0.6) is 17.2 Å². The Morgan fingerprint density at radius 3 is 2.21 bits per heavy atom. The fraction of sp³-hybridized carbons (Fsp3) is 0.222. The molecule has 0 fully saturated rings. The van der Waals surface area contributed by atoms with Crippen LogP contribution < -0.4 is 10.0 Å². The highest BCUT2D eigenvalue weighted by molar-refractivity contribution is 6.30. The molecule has 0 spiro atoms. The molecule has 0 saturated carbocycles. The number of carbonyl (C=O) groups is 2. The second-order valence-electron chi connectivity index (χ2n) is 6.37. The van der Waals surface area contributed by atoms with Gasteiger partial charge in [-0.1, -0.05) is 5.75 Å². The zero-order valence-electron chi connectivity index (χ0n) is 13.6. The number of quaternary nitrogens is 1. The van der Waals surface area contributed by atoms with Crippen LogP contribution in [0.1, 0.15) is 43.0 Å². The van der Waals surface area contributed by atoms with E-state index in [1.807, 2.05) is 0 Å². The van der Waals surface area contributed by atoms with Crippen molar-refractivity contribution in [2.24, 2.45) is 0 Å². The van der Waals surface area contributed by atoms with Crippen molar-refractivity contribution in [3.63, 3.8) is 0 Å². The SMILES string of the molecule is Cc1cc(O)c2c(c1)C(=O)c1cc(O)c(C[NH+](C)C)c([O-])c1C2=O. The molecule has 0 radical (unpaired) electrons. The summed E-state index contributed by atoms with van der Waals surface area (Å²) in [5.74, 6) is -2.50. The standard InChI is InChI=1S/C18H17NO5/c1-8-4-9-14(13(21)5-8)18(24)15-10(16(9)22)6-12(20)11(17(15)23)7-19(2)3/h4-6,20-21,23H,7H2,1-3H3. The van der Waals surface area contributed by atoms with E-state index in [2.05, 4.69) is 0 Å². The van der Waals surface area contributed by atoms with Gasteiger partial charge in [0.25, 0.3) is 0 Å². The van der Waals surface area contributed by atoms with E-state index in [-0.39, 0.29) is 45.9 Å². The first-order chi connectivity index (χ1) is 11.2. The molecule has 2 aromatic rings. The van der Waals surface area contributed by atoms with E-state index < -0.39 is 17.3 Å². The summed E-state index contributed by atoms with van der Waals surface area (Å²) in [5.41, 5.74) is 0.220. The number of aryl methyl sites for hydroxylation is 1. The summed E-state index contributed by atoms with van der Waals surface area (Å²) in [4.78, 5) is 26.3. The van der Waals surface area contributed by atoms with E-state index >= 15 is 0 Å². The number of hydrogen-bond acceptors (Lipinski definition) is 5. The monoisotopic (exact) mass is 327 g/mol. The number of phenolic OH excluding ortho intramolecular Hbond substituents is 2. The number of fused-ring (bicyclic) bond motifs is 2. The lowest BCUT2D eigenvalue weighted by Crippen LogP contribution is -3.04. The molecule has 2 aromatic carbocycles. The summed E-state index contributed by atoms with van der Waals surface area (Å²) < 4.78 is 0.